The lowest BCUT2D eigenvalue weighted by molar-refractivity contribution is 0.0446. The molecule has 0 atom stereocenters. The van der Waals surface area contributed by atoms with Crippen molar-refractivity contribution in [2.75, 3.05) is 38.4 Å². The highest BCUT2D eigenvalue weighted by Gasteiger charge is 2.26. The van der Waals surface area contributed by atoms with E-state index in [-0.39, 0.29) is 11.5 Å². The summed E-state index contributed by atoms with van der Waals surface area (Å²) in [6, 6.07) is 6.23. The summed E-state index contributed by atoms with van der Waals surface area (Å²) in [6.45, 7) is 7.66. The lowest BCUT2D eigenvalue weighted by atomic mass is 9.92. The van der Waals surface area contributed by atoms with Crippen LogP contribution >= 0.6 is 0 Å². The van der Waals surface area contributed by atoms with E-state index in [0.717, 1.165) is 50.3 Å². The minimum Gasteiger partial charge on any atom is -0.496 e. The summed E-state index contributed by atoms with van der Waals surface area (Å²) in [5.74, 6) is 1.26. The Morgan fingerprint density at radius 2 is 1.94 bits per heavy atom. The Morgan fingerprint density at radius 1 is 1.17 bits per heavy atom. The van der Waals surface area contributed by atoms with Gasteiger partial charge in [0.1, 0.15) is 16.8 Å². The number of fused-ring (bicyclic) bond motifs is 1. The smallest absolute Gasteiger partial charge is 0.222 e. The first-order valence-corrected chi connectivity index (χ1v) is 12.7. The molecule has 1 aromatic carbocycles. The number of nitrogen functional groups attached to an aromatic ring is 2. The number of aliphatic hydroxyl groups excluding tert-OH is 1. The highest BCUT2D eigenvalue weighted by atomic mass is 16.5. The van der Waals surface area contributed by atoms with Crippen LogP contribution in [-0.2, 0) is 17.8 Å². The number of rotatable bonds is 10. The van der Waals surface area contributed by atoms with Crippen molar-refractivity contribution in [2.24, 2.45) is 0 Å². The number of aliphatic hydroxyl groups is 1. The molecule has 4 rings (SSSR count). The maximum atomic E-state index is 8.29. The Balaban J connectivity index is 0.000000454. The third kappa shape index (κ3) is 7.52. The Bertz CT molecular complexity index is 1090. The molecule has 198 valence electrons. The number of aromatic nitrogens is 4. The highest BCUT2D eigenvalue weighted by Crippen LogP contribution is 2.26. The number of hydrogen-bond acceptors (Lipinski definition) is 9. The summed E-state index contributed by atoms with van der Waals surface area (Å²) in [7, 11) is 1.68. The zero-order valence-corrected chi connectivity index (χ0v) is 21.8. The molecule has 1 saturated heterocycles. The quantitative estimate of drug-likeness (QED) is 0.309. The molecular weight excluding hydrogens is 458 g/mol. The molecule has 36 heavy (non-hydrogen) atoms. The van der Waals surface area contributed by atoms with Crippen LogP contribution in [0.25, 0.3) is 11.0 Å². The molecule has 1 aliphatic heterocycles. The van der Waals surface area contributed by atoms with E-state index in [4.69, 9.17) is 26.0 Å². The van der Waals surface area contributed by atoms with Crippen molar-refractivity contribution in [3.05, 3.63) is 35.5 Å². The number of anilines is 2. The summed E-state index contributed by atoms with van der Waals surface area (Å²) in [4.78, 5) is 8.23. The summed E-state index contributed by atoms with van der Waals surface area (Å²) < 4.78 is 12.9. The Hall–Kier alpha value is -2.95. The lowest BCUT2D eigenvalue weighted by Gasteiger charge is -2.34. The average molecular weight is 500 g/mol. The van der Waals surface area contributed by atoms with Crippen LogP contribution in [0.4, 0.5) is 11.8 Å². The molecule has 0 bridgehead atoms. The van der Waals surface area contributed by atoms with E-state index in [1.54, 1.807) is 18.0 Å². The van der Waals surface area contributed by atoms with Crippen LogP contribution in [0.5, 0.6) is 5.75 Å². The molecule has 2 aromatic heterocycles. The van der Waals surface area contributed by atoms with E-state index in [2.05, 4.69) is 52.4 Å². The third-order valence-corrected chi connectivity index (χ3v) is 6.53. The van der Waals surface area contributed by atoms with Gasteiger partial charge in [-0.05, 0) is 37.8 Å². The number of nitrogens with one attached hydrogen (secondary N) is 1. The molecule has 1 fully saturated rings. The summed E-state index contributed by atoms with van der Waals surface area (Å²) in [5.41, 5.74) is 15.3. The predicted molar refractivity (Wildman–Crippen MR) is 143 cm³/mol. The first-order valence-electron chi connectivity index (χ1n) is 12.7. The number of methoxy groups -OCH3 is 1. The van der Waals surface area contributed by atoms with Crippen LogP contribution in [0.3, 0.4) is 0 Å². The molecule has 0 radical (unpaired) electrons. The second kappa shape index (κ2) is 13.4. The van der Waals surface area contributed by atoms with Gasteiger partial charge in [0, 0.05) is 37.5 Å². The second-order valence-corrected chi connectivity index (χ2v) is 9.46. The molecule has 10 heteroatoms. The van der Waals surface area contributed by atoms with E-state index >= 15 is 0 Å². The SMILES string of the molecule is CCCCCCO.COc1cc(CNC2(C)CCOCC2)ccc1Cn1ncc2nc(N)nc(N)c21. The van der Waals surface area contributed by atoms with Gasteiger partial charge in [-0.25, -0.2) is 4.98 Å². The van der Waals surface area contributed by atoms with Crippen molar-refractivity contribution in [1.82, 2.24) is 25.1 Å². The molecular formula is C26H41N7O3. The van der Waals surface area contributed by atoms with Crippen LogP contribution in [0.2, 0.25) is 0 Å². The summed E-state index contributed by atoms with van der Waals surface area (Å²) >= 11 is 0. The molecule has 3 heterocycles. The molecule has 0 unspecified atom stereocenters. The van der Waals surface area contributed by atoms with Crippen molar-refractivity contribution in [2.45, 2.75) is 71.0 Å². The van der Waals surface area contributed by atoms with Gasteiger partial charge < -0.3 is 31.4 Å². The third-order valence-electron chi connectivity index (χ3n) is 6.53. The number of benzene rings is 1. The molecule has 3 aromatic rings. The minimum atomic E-state index is 0.109. The van der Waals surface area contributed by atoms with Crippen LogP contribution in [0.15, 0.2) is 24.4 Å². The van der Waals surface area contributed by atoms with Crippen molar-refractivity contribution in [1.29, 1.82) is 0 Å². The van der Waals surface area contributed by atoms with Gasteiger partial charge >= 0.3 is 0 Å². The Kier molecular flexibility index (Phi) is 10.3. The van der Waals surface area contributed by atoms with Gasteiger partial charge in [-0.3, -0.25) is 4.68 Å². The van der Waals surface area contributed by atoms with Gasteiger partial charge in [0.25, 0.3) is 0 Å². The van der Waals surface area contributed by atoms with Gasteiger partial charge in [-0.15, -0.1) is 0 Å². The molecule has 0 aliphatic carbocycles. The normalized spacial score (nSPS) is 14.9. The van der Waals surface area contributed by atoms with Crippen LogP contribution in [0, 0.1) is 0 Å². The highest BCUT2D eigenvalue weighted by molar-refractivity contribution is 5.85. The van der Waals surface area contributed by atoms with E-state index in [0.29, 0.717) is 30.0 Å². The van der Waals surface area contributed by atoms with E-state index < -0.39 is 0 Å². The van der Waals surface area contributed by atoms with Crippen molar-refractivity contribution in [3.8, 4) is 5.75 Å². The zero-order chi connectivity index (χ0) is 26.0. The van der Waals surface area contributed by atoms with E-state index in [9.17, 15) is 0 Å². The number of nitrogens with two attached hydrogens (primary N) is 2. The minimum absolute atomic E-state index is 0.109. The largest absolute Gasteiger partial charge is 0.496 e. The number of ether oxygens (including phenoxy) is 2. The maximum absolute atomic E-state index is 8.29. The van der Waals surface area contributed by atoms with E-state index in [1.807, 2.05) is 0 Å². The average Bonchev–Trinajstić information content (AvgIpc) is 3.27. The first kappa shape index (κ1) is 27.6. The number of unbranched alkanes of at least 4 members (excludes halogenated alkanes) is 3. The molecule has 1 aliphatic rings. The fraction of sp³-hybridized carbons (Fsp3) is 0.577. The number of hydrogen-bond donors (Lipinski definition) is 4. The van der Waals surface area contributed by atoms with Crippen molar-refractivity contribution >= 4 is 22.8 Å². The van der Waals surface area contributed by atoms with Crippen molar-refractivity contribution in [3.63, 3.8) is 0 Å². The summed E-state index contributed by atoms with van der Waals surface area (Å²) in [5, 5.41) is 16.4. The molecule has 0 saturated carbocycles. The van der Waals surface area contributed by atoms with Crippen LogP contribution < -0.4 is 21.5 Å². The van der Waals surface area contributed by atoms with Gasteiger partial charge in [0.15, 0.2) is 5.82 Å². The number of nitrogens with zero attached hydrogens (tertiary/aromatic N) is 4. The van der Waals surface area contributed by atoms with E-state index in [1.165, 1.54) is 24.8 Å². The van der Waals surface area contributed by atoms with Gasteiger partial charge in [-0.1, -0.05) is 38.3 Å². The monoisotopic (exact) mass is 499 g/mol. The standard InChI is InChI=1S/C20H27N7O2.C6H14O/c1-20(5-7-29-8-6-20)23-10-13-3-4-14(16(9-13)28-2)12-27-17-15(11-24-27)25-19(22)26-18(17)21;1-2-3-4-5-6-7/h3-4,9,11,23H,5-8,10,12H2,1-2H3,(H4,21,22,25,26);7H,2-6H2,1H3. The molecule has 0 amide bonds. The fourth-order valence-corrected chi connectivity index (χ4v) is 4.21. The maximum Gasteiger partial charge on any atom is 0.222 e. The second-order valence-electron chi connectivity index (χ2n) is 9.46. The van der Waals surface area contributed by atoms with Crippen LogP contribution in [0.1, 0.15) is 63.5 Å². The Morgan fingerprint density at radius 3 is 2.64 bits per heavy atom. The predicted octanol–water partition coefficient (Wildman–Crippen LogP) is 3.27. The molecule has 0 spiro atoms. The zero-order valence-electron chi connectivity index (χ0n) is 21.8. The first-order chi connectivity index (χ1) is 17.4. The van der Waals surface area contributed by atoms with Crippen LogP contribution in [-0.4, -0.2) is 57.3 Å². The van der Waals surface area contributed by atoms with Gasteiger partial charge in [0.05, 0.1) is 19.9 Å². The topological polar surface area (TPSA) is 146 Å². The van der Waals surface area contributed by atoms with Crippen molar-refractivity contribution < 1.29 is 14.6 Å². The van der Waals surface area contributed by atoms with Gasteiger partial charge in [0.2, 0.25) is 5.95 Å². The Labute approximate surface area is 213 Å². The lowest BCUT2D eigenvalue weighted by Crippen LogP contribution is -2.46. The van der Waals surface area contributed by atoms with Gasteiger partial charge in [-0.2, -0.15) is 10.1 Å². The fourth-order valence-electron chi connectivity index (χ4n) is 4.21. The summed E-state index contributed by atoms with van der Waals surface area (Å²) in [6.07, 6.45) is 8.36. The molecule has 10 nitrogen and oxygen atoms in total. The molecule has 6 N–H and O–H groups in total.